The molecule has 37 heavy (non-hydrogen) atoms. The van der Waals surface area contributed by atoms with Crippen LogP contribution in [-0.4, -0.2) is 38.2 Å². The van der Waals surface area contributed by atoms with E-state index in [-0.39, 0.29) is 12.3 Å². The number of carboxylic acid groups (broad SMARTS) is 1. The zero-order valence-corrected chi connectivity index (χ0v) is 21.2. The molecule has 1 saturated carbocycles. The van der Waals surface area contributed by atoms with Crippen molar-refractivity contribution in [3.05, 3.63) is 76.5 Å². The van der Waals surface area contributed by atoms with Crippen LogP contribution in [0, 0.1) is 6.92 Å². The van der Waals surface area contributed by atoms with Crippen molar-refractivity contribution in [3.8, 4) is 5.75 Å². The second kappa shape index (κ2) is 11.1. The number of aliphatic carboxylic acids is 1. The molecule has 0 unspecified atom stereocenters. The van der Waals surface area contributed by atoms with Crippen LogP contribution in [0.4, 0.5) is 0 Å². The SMILES string of the molecule is Cc1cn(C2CCCC2)nc1COc1cc2c(cc1CCC(=O)O)CCN(C(=O)/C=C/c1ccco1)C2. The fraction of sp³-hybridized carbons (Fsp3) is 0.414. The number of carbonyl (C=O) groups excluding carboxylic acids is 1. The molecule has 0 radical (unpaired) electrons. The summed E-state index contributed by atoms with van der Waals surface area (Å²) in [6.07, 6.45) is 12.8. The third-order valence-electron chi connectivity index (χ3n) is 7.33. The minimum Gasteiger partial charge on any atom is -0.487 e. The van der Waals surface area contributed by atoms with Crippen LogP contribution in [0.15, 0.2) is 47.2 Å². The zero-order chi connectivity index (χ0) is 25.8. The number of fused-ring (bicyclic) bond motifs is 1. The highest BCUT2D eigenvalue weighted by Crippen LogP contribution is 2.32. The van der Waals surface area contributed by atoms with Gasteiger partial charge < -0.3 is 19.2 Å². The molecule has 2 aromatic heterocycles. The summed E-state index contributed by atoms with van der Waals surface area (Å²) in [5, 5.41) is 14.1. The zero-order valence-electron chi connectivity index (χ0n) is 21.2. The summed E-state index contributed by atoms with van der Waals surface area (Å²) >= 11 is 0. The van der Waals surface area contributed by atoms with E-state index in [1.54, 1.807) is 29.4 Å². The monoisotopic (exact) mass is 503 g/mol. The lowest BCUT2D eigenvalue weighted by Crippen LogP contribution is -2.34. The Kier molecular flexibility index (Phi) is 7.44. The molecule has 0 saturated heterocycles. The van der Waals surface area contributed by atoms with Crippen molar-refractivity contribution in [1.82, 2.24) is 14.7 Å². The van der Waals surface area contributed by atoms with Gasteiger partial charge in [0.15, 0.2) is 0 Å². The predicted octanol–water partition coefficient (Wildman–Crippen LogP) is 5.09. The number of hydrogen-bond donors (Lipinski definition) is 1. The summed E-state index contributed by atoms with van der Waals surface area (Å²) in [5.74, 6) is 0.382. The third kappa shape index (κ3) is 5.96. The van der Waals surface area contributed by atoms with Crippen LogP contribution in [0.1, 0.15) is 71.9 Å². The minimum atomic E-state index is -0.838. The van der Waals surface area contributed by atoms with Crippen molar-refractivity contribution in [2.75, 3.05) is 6.54 Å². The molecule has 0 bridgehead atoms. The Morgan fingerprint density at radius 3 is 2.84 bits per heavy atom. The maximum absolute atomic E-state index is 12.8. The van der Waals surface area contributed by atoms with Gasteiger partial charge in [-0.15, -0.1) is 0 Å². The van der Waals surface area contributed by atoms with Crippen molar-refractivity contribution in [2.24, 2.45) is 0 Å². The second-order valence-corrected chi connectivity index (χ2v) is 9.95. The van der Waals surface area contributed by atoms with E-state index in [4.69, 9.17) is 14.3 Å². The number of amides is 1. The van der Waals surface area contributed by atoms with Gasteiger partial charge in [0.2, 0.25) is 5.91 Å². The number of carbonyl (C=O) groups is 2. The minimum absolute atomic E-state index is 0.0344. The summed E-state index contributed by atoms with van der Waals surface area (Å²) in [4.78, 5) is 25.9. The number of aryl methyl sites for hydroxylation is 2. The van der Waals surface area contributed by atoms with E-state index in [2.05, 4.69) is 23.9 Å². The number of hydrogen-bond acceptors (Lipinski definition) is 5. The van der Waals surface area contributed by atoms with Crippen molar-refractivity contribution >= 4 is 18.0 Å². The molecule has 1 N–H and O–H groups in total. The van der Waals surface area contributed by atoms with Crippen LogP contribution in [0.3, 0.4) is 0 Å². The standard InChI is InChI=1S/C29H33N3O5/c1-20-17-32(24-5-2-3-6-24)30-26(20)19-37-27-16-23-18-31(28(33)10-9-25-7-4-14-36-25)13-12-21(23)15-22(27)8-11-29(34)35/h4,7,9-10,14-17,24H,2-3,5-6,8,11-13,18-19H2,1H3,(H,34,35)/b10-9+. The Morgan fingerprint density at radius 1 is 1.24 bits per heavy atom. The molecule has 8 heteroatoms. The van der Waals surface area contributed by atoms with E-state index < -0.39 is 5.97 Å². The molecule has 1 amide bonds. The van der Waals surface area contributed by atoms with Crippen LogP contribution in [-0.2, 0) is 35.6 Å². The van der Waals surface area contributed by atoms with Crippen molar-refractivity contribution in [1.29, 1.82) is 0 Å². The lowest BCUT2D eigenvalue weighted by atomic mass is 9.94. The molecule has 3 aromatic rings. The first-order valence-corrected chi connectivity index (χ1v) is 13.0. The molecule has 194 valence electrons. The van der Waals surface area contributed by atoms with Gasteiger partial charge >= 0.3 is 5.97 Å². The molecule has 0 atom stereocenters. The molecular weight excluding hydrogens is 470 g/mol. The summed E-state index contributed by atoms with van der Waals surface area (Å²) < 4.78 is 13.6. The molecule has 1 aliphatic carbocycles. The van der Waals surface area contributed by atoms with Crippen molar-refractivity contribution in [2.45, 2.75) is 71.1 Å². The molecule has 3 heterocycles. The van der Waals surface area contributed by atoms with E-state index in [9.17, 15) is 14.7 Å². The number of benzene rings is 1. The molecule has 8 nitrogen and oxygen atoms in total. The van der Waals surface area contributed by atoms with Gasteiger partial charge in [-0.3, -0.25) is 14.3 Å². The molecule has 1 fully saturated rings. The number of aromatic nitrogens is 2. The molecular formula is C29H33N3O5. The van der Waals surface area contributed by atoms with Crippen LogP contribution < -0.4 is 4.74 Å². The summed E-state index contributed by atoms with van der Waals surface area (Å²) in [7, 11) is 0. The predicted molar refractivity (Wildman–Crippen MR) is 138 cm³/mol. The van der Waals surface area contributed by atoms with Gasteiger partial charge in [-0.25, -0.2) is 0 Å². The topological polar surface area (TPSA) is 97.8 Å². The van der Waals surface area contributed by atoms with E-state index in [1.807, 2.05) is 6.07 Å². The van der Waals surface area contributed by atoms with Gasteiger partial charge in [0.05, 0.1) is 12.3 Å². The largest absolute Gasteiger partial charge is 0.487 e. The van der Waals surface area contributed by atoms with Crippen molar-refractivity contribution in [3.63, 3.8) is 0 Å². The Morgan fingerprint density at radius 2 is 2.08 bits per heavy atom. The van der Waals surface area contributed by atoms with Gasteiger partial charge in [-0.05, 0) is 79.1 Å². The highest BCUT2D eigenvalue weighted by Gasteiger charge is 2.23. The summed E-state index contributed by atoms with van der Waals surface area (Å²) in [5.41, 5.74) is 5.03. The van der Waals surface area contributed by atoms with Gasteiger partial charge in [-0.2, -0.15) is 5.10 Å². The van der Waals surface area contributed by atoms with Gasteiger partial charge in [0.1, 0.15) is 23.8 Å². The van der Waals surface area contributed by atoms with Gasteiger partial charge in [0, 0.05) is 31.8 Å². The van der Waals surface area contributed by atoms with E-state index in [0.717, 1.165) is 40.8 Å². The molecule has 1 aromatic carbocycles. The van der Waals surface area contributed by atoms with E-state index >= 15 is 0 Å². The smallest absolute Gasteiger partial charge is 0.303 e. The summed E-state index contributed by atoms with van der Waals surface area (Å²) in [6.45, 7) is 3.44. The first-order chi connectivity index (χ1) is 18.0. The first-order valence-electron chi connectivity index (χ1n) is 13.0. The van der Waals surface area contributed by atoms with Crippen LogP contribution in [0.25, 0.3) is 6.08 Å². The second-order valence-electron chi connectivity index (χ2n) is 9.95. The first kappa shape index (κ1) is 24.9. The Balaban J connectivity index is 1.33. The maximum Gasteiger partial charge on any atom is 0.303 e. The fourth-order valence-corrected chi connectivity index (χ4v) is 5.21. The summed E-state index contributed by atoms with van der Waals surface area (Å²) in [6, 6.07) is 8.08. The number of rotatable bonds is 9. The number of ether oxygens (including phenoxy) is 1. The Bertz CT molecular complexity index is 1290. The fourth-order valence-electron chi connectivity index (χ4n) is 5.21. The molecule has 2 aliphatic rings. The Labute approximate surface area is 216 Å². The molecule has 0 spiro atoms. The Hall–Kier alpha value is -3.81. The highest BCUT2D eigenvalue weighted by atomic mass is 16.5. The number of nitrogens with zero attached hydrogens (tertiary/aromatic N) is 3. The third-order valence-corrected chi connectivity index (χ3v) is 7.33. The number of carboxylic acids is 1. The van der Waals surface area contributed by atoms with E-state index in [1.165, 1.54) is 18.9 Å². The normalized spacial score (nSPS) is 15.9. The highest BCUT2D eigenvalue weighted by molar-refractivity contribution is 5.91. The van der Waals surface area contributed by atoms with Gasteiger partial charge in [-0.1, -0.05) is 18.9 Å². The van der Waals surface area contributed by atoms with E-state index in [0.29, 0.717) is 50.1 Å². The lowest BCUT2D eigenvalue weighted by molar-refractivity contribution is -0.137. The quantitative estimate of drug-likeness (QED) is 0.408. The average molecular weight is 504 g/mol. The van der Waals surface area contributed by atoms with Crippen molar-refractivity contribution < 1.29 is 23.8 Å². The maximum atomic E-state index is 12.8. The average Bonchev–Trinajstić information content (AvgIpc) is 3.67. The van der Waals surface area contributed by atoms with Crippen LogP contribution in [0.5, 0.6) is 5.75 Å². The van der Waals surface area contributed by atoms with Crippen LogP contribution >= 0.6 is 0 Å². The molecule has 1 aliphatic heterocycles. The lowest BCUT2D eigenvalue weighted by Gasteiger charge is -2.29. The van der Waals surface area contributed by atoms with Gasteiger partial charge in [0.25, 0.3) is 0 Å². The molecule has 5 rings (SSSR count). The number of furan rings is 1. The van der Waals surface area contributed by atoms with Crippen LogP contribution in [0.2, 0.25) is 0 Å².